The van der Waals surface area contributed by atoms with E-state index in [9.17, 15) is 14.0 Å². The van der Waals surface area contributed by atoms with Crippen LogP contribution in [0.1, 0.15) is 27.2 Å². The minimum absolute atomic E-state index is 0.0584. The Kier molecular flexibility index (Phi) is 7.05. The van der Waals surface area contributed by atoms with E-state index in [1.807, 2.05) is 32.0 Å². The van der Waals surface area contributed by atoms with Gasteiger partial charge in [-0.15, -0.1) is 0 Å². The Morgan fingerprint density at radius 1 is 1.06 bits per heavy atom. The van der Waals surface area contributed by atoms with Gasteiger partial charge in [0.2, 0.25) is 0 Å². The summed E-state index contributed by atoms with van der Waals surface area (Å²) in [6.07, 6.45) is 4.08. The molecule has 2 heterocycles. The van der Waals surface area contributed by atoms with Crippen molar-refractivity contribution < 1.29 is 19.1 Å². The second-order valence-corrected chi connectivity index (χ2v) is 8.33. The molecule has 2 aromatic heterocycles. The van der Waals surface area contributed by atoms with Gasteiger partial charge in [0.1, 0.15) is 11.5 Å². The molecular weight excluding hydrogens is 449 g/mol. The predicted octanol–water partition coefficient (Wildman–Crippen LogP) is 4.33. The third kappa shape index (κ3) is 5.46. The third-order valence-electron chi connectivity index (χ3n) is 6.01. The van der Waals surface area contributed by atoms with Crippen LogP contribution in [0.15, 0.2) is 55.0 Å². The van der Waals surface area contributed by atoms with Crippen LogP contribution in [0.2, 0.25) is 0 Å². The Bertz CT molecular complexity index is 1380. The first-order chi connectivity index (χ1) is 16.8. The molecule has 9 heteroatoms. The van der Waals surface area contributed by atoms with Crippen molar-refractivity contribution in [1.82, 2.24) is 25.2 Å². The molecule has 0 radical (unpaired) electrons. The van der Waals surface area contributed by atoms with E-state index >= 15 is 0 Å². The van der Waals surface area contributed by atoms with Crippen molar-refractivity contribution in [3.05, 3.63) is 83.2 Å². The number of aromatic nitrogens is 3. The number of nitrogens with one attached hydrogen (secondary N) is 2. The Morgan fingerprint density at radius 3 is 2.63 bits per heavy atom. The lowest BCUT2D eigenvalue weighted by atomic mass is 10.0. The molecule has 2 aromatic carbocycles. The molecular formula is C26H26FN5O3. The highest BCUT2D eigenvalue weighted by atomic mass is 19.1. The van der Waals surface area contributed by atoms with Crippen LogP contribution in [0.3, 0.4) is 0 Å². The summed E-state index contributed by atoms with van der Waals surface area (Å²) in [7, 11) is 0. The van der Waals surface area contributed by atoms with Gasteiger partial charge in [0.05, 0.1) is 0 Å². The monoisotopic (exact) mass is 475 g/mol. The van der Waals surface area contributed by atoms with Crippen LogP contribution in [0, 0.1) is 19.7 Å². The van der Waals surface area contributed by atoms with Gasteiger partial charge in [-0.2, -0.15) is 0 Å². The van der Waals surface area contributed by atoms with Crippen molar-refractivity contribution in [2.45, 2.75) is 20.3 Å². The number of carbonyl (C=O) groups excluding carboxylic acids is 1. The van der Waals surface area contributed by atoms with Crippen molar-refractivity contribution in [3.8, 4) is 11.3 Å². The third-order valence-corrected chi connectivity index (χ3v) is 6.01. The summed E-state index contributed by atoms with van der Waals surface area (Å²) in [5.41, 5.74) is 5.29. The lowest BCUT2D eigenvalue weighted by Gasteiger charge is -2.23. The molecule has 8 nitrogen and oxygen atoms in total. The number of hydrogen-bond acceptors (Lipinski definition) is 4. The molecule has 0 bridgehead atoms. The Hall–Kier alpha value is -4.27. The fourth-order valence-corrected chi connectivity index (χ4v) is 3.97. The van der Waals surface area contributed by atoms with Gasteiger partial charge in [0.25, 0.3) is 5.91 Å². The van der Waals surface area contributed by atoms with Crippen molar-refractivity contribution in [1.29, 1.82) is 0 Å². The van der Waals surface area contributed by atoms with Gasteiger partial charge in [-0.3, -0.25) is 9.78 Å². The van der Waals surface area contributed by atoms with Gasteiger partial charge < -0.3 is 20.3 Å². The molecule has 0 unspecified atom stereocenters. The van der Waals surface area contributed by atoms with Crippen LogP contribution < -0.4 is 5.32 Å². The van der Waals surface area contributed by atoms with Gasteiger partial charge in [0, 0.05) is 54.7 Å². The van der Waals surface area contributed by atoms with Gasteiger partial charge in [-0.1, -0.05) is 12.1 Å². The molecule has 4 rings (SSSR count). The molecule has 0 aliphatic heterocycles. The van der Waals surface area contributed by atoms with Crippen LogP contribution in [-0.4, -0.2) is 56.6 Å². The lowest BCUT2D eigenvalue weighted by molar-refractivity contribution is 0.0752. The normalized spacial score (nSPS) is 10.9. The zero-order valence-corrected chi connectivity index (χ0v) is 19.5. The summed E-state index contributed by atoms with van der Waals surface area (Å²) in [6.45, 7) is 4.49. The second kappa shape index (κ2) is 10.3. The fraction of sp³-hybridized carbons (Fsp3) is 0.231. The number of fused-ring (bicyclic) bond motifs is 1. The number of carbonyl (C=O) groups is 2. The van der Waals surface area contributed by atoms with Crippen molar-refractivity contribution in [3.63, 3.8) is 0 Å². The van der Waals surface area contributed by atoms with E-state index in [-0.39, 0.29) is 37.1 Å². The van der Waals surface area contributed by atoms with Crippen molar-refractivity contribution in [2.75, 3.05) is 19.6 Å². The average molecular weight is 476 g/mol. The van der Waals surface area contributed by atoms with E-state index in [2.05, 4.69) is 20.3 Å². The highest BCUT2D eigenvalue weighted by Crippen LogP contribution is 2.24. The first-order valence-corrected chi connectivity index (χ1v) is 11.2. The largest absolute Gasteiger partial charge is 0.465 e. The summed E-state index contributed by atoms with van der Waals surface area (Å²) < 4.78 is 13.8. The number of hydrogen-bond donors (Lipinski definition) is 3. The summed E-state index contributed by atoms with van der Waals surface area (Å²) in [5, 5.41) is 12.0. The molecule has 0 aliphatic rings. The molecule has 0 spiro atoms. The minimum atomic E-state index is -1.17. The van der Waals surface area contributed by atoms with Gasteiger partial charge in [-0.05, 0) is 61.2 Å². The standard InChI is InChI=1S/C26H26FN5O3/c1-16-3-4-18(13-17(16)2)23-24(29-9-8-28-23)25(33)32(12-10-30-26(34)35)11-7-19-15-31-22-6-5-20(27)14-21(19)22/h3-6,8-9,13-15,30-31H,7,10-12H2,1-2H3,(H,34,35). The van der Waals surface area contributed by atoms with Crippen LogP contribution in [0.5, 0.6) is 0 Å². The number of halogens is 1. The molecule has 2 amide bonds. The summed E-state index contributed by atoms with van der Waals surface area (Å²) >= 11 is 0. The number of aromatic amines is 1. The Balaban J connectivity index is 1.62. The quantitative estimate of drug-likeness (QED) is 0.351. The summed E-state index contributed by atoms with van der Waals surface area (Å²) in [5.74, 6) is -0.695. The zero-order chi connectivity index (χ0) is 24.9. The molecule has 0 aliphatic carbocycles. The first-order valence-electron chi connectivity index (χ1n) is 11.2. The molecule has 180 valence electrons. The smallest absolute Gasteiger partial charge is 0.404 e. The molecule has 0 saturated heterocycles. The van der Waals surface area contributed by atoms with Crippen molar-refractivity contribution >= 4 is 22.9 Å². The van der Waals surface area contributed by atoms with E-state index < -0.39 is 6.09 Å². The van der Waals surface area contributed by atoms with E-state index in [0.29, 0.717) is 12.1 Å². The topological polar surface area (TPSA) is 111 Å². The maximum Gasteiger partial charge on any atom is 0.404 e. The van der Waals surface area contributed by atoms with Crippen LogP contribution in [0.4, 0.5) is 9.18 Å². The van der Waals surface area contributed by atoms with Gasteiger partial charge >= 0.3 is 6.09 Å². The number of rotatable bonds is 8. The number of carboxylic acid groups (broad SMARTS) is 1. The molecule has 0 fully saturated rings. The second-order valence-electron chi connectivity index (χ2n) is 8.33. The molecule has 3 N–H and O–H groups in total. The number of H-pyrrole nitrogens is 1. The maximum atomic E-state index is 13.8. The maximum absolute atomic E-state index is 13.8. The van der Waals surface area contributed by atoms with E-state index in [1.54, 1.807) is 17.2 Å². The Morgan fingerprint density at radius 2 is 1.86 bits per heavy atom. The van der Waals surface area contributed by atoms with Gasteiger partial charge in [-0.25, -0.2) is 14.2 Å². The highest BCUT2D eigenvalue weighted by molar-refractivity contribution is 5.98. The SMILES string of the molecule is Cc1ccc(-c2nccnc2C(=O)N(CCNC(=O)O)CCc2c[nH]c3ccc(F)cc23)cc1C. The first kappa shape index (κ1) is 23.9. The molecule has 0 saturated carbocycles. The van der Waals surface area contributed by atoms with Crippen LogP contribution in [-0.2, 0) is 6.42 Å². The summed E-state index contributed by atoms with van der Waals surface area (Å²) in [4.78, 5) is 38.0. The number of amides is 2. The summed E-state index contributed by atoms with van der Waals surface area (Å²) in [6, 6.07) is 10.4. The van der Waals surface area contributed by atoms with Gasteiger partial charge in [0.15, 0.2) is 5.69 Å². The number of aryl methyl sites for hydroxylation is 2. The predicted molar refractivity (Wildman–Crippen MR) is 131 cm³/mol. The fourth-order valence-electron chi connectivity index (χ4n) is 3.97. The molecule has 0 atom stereocenters. The van der Waals surface area contributed by atoms with Crippen LogP contribution in [0.25, 0.3) is 22.2 Å². The average Bonchev–Trinajstić information content (AvgIpc) is 3.24. The number of nitrogens with zero attached hydrogens (tertiary/aromatic N) is 3. The highest BCUT2D eigenvalue weighted by Gasteiger charge is 2.22. The lowest BCUT2D eigenvalue weighted by Crippen LogP contribution is -2.40. The van der Waals surface area contributed by atoms with E-state index in [1.165, 1.54) is 24.5 Å². The van der Waals surface area contributed by atoms with E-state index in [4.69, 9.17) is 5.11 Å². The minimum Gasteiger partial charge on any atom is -0.465 e. The number of benzene rings is 2. The Labute approximate surface area is 201 Å². The van der Waals surface area contributed by atoms with Crippen LogP contribution >= 0.6 is 0 Å². The van der Waals surface area contributed by atoms with Crippen molar-refractivity contribution in [2.24, 2.45) is 0 Å². The molecule has 4 aromatic rings. The molecule has 35 heavy (non-hydrogen) atoms. The van der Waals surface area contributed by atoms with E-state index in [0.717, 1.165) is 33.2 Å². The zero-order valence-electron chi connectivity index (χ0n) is 19.5.